The summed E-state index contributed by atoms with van der Waals surface area (Å²) >= 11 is 0. The summed E-state index contributed by atoms with van der Waals surface area (Å²) in [5, 5.41) is 4.62. The monoisotopic (exact) mass is 593 g/mol. The zero-order chi connectivity index (χ0) is 30.6. The van der Waals surface area contributed by atoms with Crippen molar-refractivity contribution in [3.8, 4) is 5.75 Å². The van der Waals surface area contributed by atoms with E-state index in [9.17, 15) is 23.2 Å². The Balaban J connectivity index is 1.62. The number of ether oxygens (including phenoxy) is 2. The molecule has 13 heteroatoms. The molecule has 226 valence electrons. The lowest BCUT2D eigenvalue weighted by Gasteiger charge is -2.36. The fourth-order valence-corrected chi connectivity index (χ4v) is 5.05. The van der Waals surface area contributed by atoms with Gasteiger partial charge in [0, 0.05) is 29.3 Å². The molecule has 1 aliphatic heterocycles. The van der Waals surface area contributed by atoms with Gasteiger partial charge in [-0.1, -0.05) is 19.9 Å². The number of benzene rings is 2. The van der Waals surface area contributed by atoms with Crippen LogP contribution in [0, 0.1) is 11.6 Å². The maximum Gasteiger partial charge on any atom is 0.280 e. The van der Waals surface area contributed by atoms with Crippen LogP contribution < -0.4 is 15.6 Å². The molecule has 1 aromatic heterocycles. The molecule has 3 aromatic rings. The highest BCUT2D eigenvalue weighted by Crippen LogP contribution is 2.35. The summed E-state index contributed by atoms with van der Waals surface area (Å²) in [6, 6.07) is 6.90. The first-order valence-corrected chi connectivity index (χ1v) is 13.3. The van der Waals surface area contributed by atoms with Gasteiger partial charge in [0.05, 0.1) is 19.6 Å². The Labute approximate surface area is 238 Å². The van der Waals surface area contributed by atoms with Gasteiger partial charge in [0.1, 0.15) is 35.8 Å². The Morgan fingerprint density at radius 3 is 2.50 bits per heavy atom. The molecule has 1 atom stereocenters. The third-order valence-electron chi connectivity index (χ3n) is 6.82. The molecular weight excluding hydrogens is 562 g/mol. The highest BCUT2D eigenvalue weighted by Gasteiger charge is 2.37. The summed E-state index contributed by atoms with van der Waals surface area (Å²) in [6.45, 7) is 4.06. The lowest BCUT2D eigenvalue weighted by Crippen LogP contribution is -2.46. The molecule has 0 radical (unpaired) electrons. The highest BCUT2D eigenvalue weighted by atomic mass is 19.3. The number of alkyl halides is 2. The molecule has 0 saturated carbocycles. The van der Waals surface area contributed by atoms with Gasteiger partial charge in [0.25, 0.3) is 17.9 Å². The van der Waals surface area contributed by atoms with Crippen molar-refractivity contribution in [2.24, 2.45) is 0 Å². The van der Waals surface area contributed by atoms with E-state index in [-0.39, 0.29) is 36.6 Å². The van der Waals surface area contributed by atoms with E-state index in [1.54, 1.807) is 18.2 Å². The van der Waals surface area contributed by atoms with Gasteiger partial charge in [-0.05, 0) is 48.7 Å². The van der Waals surface area contributed by atoms with Crippen molar-refractivity contribution in [3.63, 3.8) is 0 Å². The number of rotatable bonds is 11. The summed E-state index contributed by atoms with van der Waals surface area (Å²) in [5.41, 5.74) is -1.13. The Bertz CT molecular complexity index is 1480. The van der Waals surface area contributed by atoms with E-state index >= 15 is 8.78 Å². The number of nitrogens with one attached hydrogen (secondary N) is 2. The summed E-state index contributed by atoms with van der Waals surface area (Å²) < 4.78 is 70.8. The number of aromatic nitrogens is 1. The molecule has 2 amide bonds. The maximum absolute atomic E-state index is 15.2. The van der Waals surface area contributed by atoms with Crippen molar-refractivity contribution in [1.29, 1.82) is 0 Å². The quantitative estimate of drug-likeness (QED) is 0.317. The van der Waals surface area contributed by atoms with Crippen molar-refractivity contribution in [2.75, 3.05) is 31.7 Å². The van der Waals surface area contributed by atoms with E-state index in [2.05, 4.69) is 10.5 Å². The van der Waals surface area contributed by atoms with E-state index in [4.69, 9.17) is 14.0 Å². The Hall–Kier alpha value is -4.13. The largest absolute Gasteiger partial charge is 0.494 e. The molecular formula is C29H31F4N3O6. The van der Waals surface area contributed by atoms with E-state index < -0.39 is 53.5 Å². The van der Waals surface area contributed by atoms with Gasteiger partial charge in [-0.2, -0.15) is 5.16 Å². The van der Waals surface area contributed by atoms with Gasteiger partial charge < -0.3 is 24.2 Å². The topological polar surface area (TPSA) is 114 Å². The van der Waals surface area contributed by atoms with Crippen LogP contribution in [0.25, 0.3) is 0 Å². The molecule has 4 rings (SSSR count). The Kier molecular flexibility index (Phi) is 9.40. The Morgan fingerprint density at radius 2 is 1.88 bits per heavy atom. The normalized spacial score (nSPS) is 15.0. The number of hydrogen-bond acceptors (Lipinski definition) is 6. The third kappa shape index (κ3) is 7.01. The van der Waals surface area contributed by atoms with Crippen LogP contribution in [0.4, 0.5) is 23.2 Å². The van der Waals surface area contributed by atoms with E-state index in [0.717, 1.165) is 23.8 Å². The van der Waals surface area contributed by atoms with Gasteiger partial charge in [0.2, 0.25) is 5.91 Å². The number of halogens is 4. The zero-order valence-electron chi connectivity index (χ0n) is 23.3. The molecule has 9 nitrogen and oxygen atoms in total. The minimum absolute atomic E-state index is 0.0847. The van der Waals surface area contributed by atoms with Crippen LogP contribution in [0.5, 0.6) is 5.75 Å². The first-order valence-electron chi connectivity index (χ1n) is 13.3. The smallest absolute Gasteiger partial charge is 0.280 e. The number of aromatic amines is 1. The minimum Gasteiger partial charge on any atom is -0.494 e. The number of nitrogens with zero attached hydrogens (tertiary/aromatic N) is 1. The molecule has 2 heterocycles. The van der Waals surface area contributed by atoms with Crippen molar-refractivity contribution < 1.29 is 41.1 Å². The summed E-state index contributed by atoms with van der Waals surface area (Å²) in [5.74, 6) is -2.56. The summed E-state index contributed by atoms with van der Waals surface area (Å²) in [4.78, 5) is 39.7. The molecule has 42 heavy (non-hydrogen) atoms. The first-order chi connectivity index (χ1) is 19.9. The number of hydrogen-bond donors (Lipinski definition) is 2. The van der Waals surface area contributed by atoms with E-state index in [1.165, 1.54) is 18.7 Å². The van der Waals surface area contributed by atoms with Crippen molar-refractivity contribution in [3.05, 3.63) is 80.8 Å². The average molecular weight is 594 g/mol. The van der Waals surface area contributed by atoms with Crippen LogP contribution in [-0.2, 0) is 32.6 Å². The van der Waals surface area contributed by atoms with Crippen molar-refractivity contribution in [1.82, 2.24) is 10.1 Å². The van der Waals surface area contributed by atoms with Gasteiger partial charge in [-0.3, -0.25) is 14.4 Å². The predicted molar refractivity (Wildman–Crippen MR) is 144 cm³/mol. The second kappa shape index (κ2) is 12.8. The van der Waals surface area contributed by atoms with Crippen LogP contribution in [0.3, 0.4) is 0 Å². The standard InChI is InChI=1S/C29H31F4N3O6/c1-4-41-18-5-6-20-16(9-18)7-8-36(25(38)13-19-12-24(37)35-42-19)27(20)28(39)34-17-10-21(30)26(22(31)11-17)29(2,3)15-40-14-23(32)33/h5-6,9-12,23,27H,4,7-8,13-15H2,1-3H3,(H,34,39)(H,35,37). The van der Waals surface area contributed by atoms with Crippen LogP contribution in [0.15, 0.2) is 45.7 Å². The third-order valence-corrected chi connectivity index (χ3v) is 6.82. The maximum atomic E-state index is 15.2. The van der Waals surface area contributed by atoms with Crippen LogP contribution in [0.1, 0.15) is 49.3 Å². The zero-order valence-corrected chi connectivity index (χ0v) is 23.3. The van der Waals surface area contributed by atoms with Gasteiger partial charge in [-0.25, -0.2) is 17.6 Å². The first kappa shape index (κ1) is 30.8. The van der Waals surface area contributed by atoms with Crippen LogP contribution in [-0.4, -0.2) is 54.7 Å². The fraction of sp³-hybridized carbons (Fsp3) is 0.414. The SMILES string of the molecule is CCOc1ccc2c(c1)CCN(C(=O)Cc1cc(=O)[nH]o1)C2C(=O)Nc1cc(F)c(C(C)(C)COCC(F)F)c(F)c1. The van der Waals surface area contributed by atoms with Gasteiger partial charge in [0.15, 0.2) is 0 Å². The fourth-order valence-electron chi connectivity index (χ4n) is 5.05. The lowest BCUT2D eigenvalue weighted by molar-refractivity contribution is -0.139. The number of carbonyl (C=O) groups excluding carboxylic acids is 2. The molecule has 0 spiro atoms. The summed E-state index contributed by atoms with van der Waals surface area (Å²) in [6.07, 6.45) is -2.62. The molecule has 1 unspecified atom stereocenters. The highest BCUT2D eigenvalue weighted by molar-refractivity contribution is 5.98. The second-order valence-electron chi connectivity index (χ2n) is 10.5. The number of anilines is 1. The number of H-pyrrole nitrogens is 1. The minimum atomic E-state index is -2.73. The lowest BCUT2D eigenvalue weighted by atomic mass is 9.84. The van der Waals surface area contributed by atoms with Crippen molar-refractivity contribution >= 4 is 17.5 Å². The average Bonchev–Trinajstić information content (AvgIpc) is 3.31. The predicted octanol–water partition coefficient (Wildman–Crippen LogP) is 4.51. The molecule has 0 bridgehead atoms. The number of fused-ring (bicyclic) bond motifs is 1. The second-order valence-corrected chi connectivity index (χ2v) is 10.5. The van der Waals surface area contributed by atoms with E-state index in [0.29, 0.717) is 24.3 Å². The van der Waals surface area contributed by atoms with Crippen molar-refractivity contribution in [2.45, 2.75) is 51.5 Å². The van der Waals surface area contributed by atoms with Gasteiger partial charge >= 0.3 is 0 Å². The van der Waals surface area contributed by atoms with Gasteiger partial charge in [-0.15, -0.1) is 0 Å². The molecule has 2 aromatic carbocycles. The molecule has 0 fully saturated rings. The Morgan fingerprint density at radius 1 is 1.17 bits per heavy atom. The molecule has 0 saturated heterocycles. The molecule has 0 aliphatic carbocycles. The van der Waals surface area contributed by atoms with Crippen LogP contribution in [0.2, 0.25) is 0 Å². The molecule has 1 aliphatic rings. The number of carbonyl (C=O) groups is 2. The summed E-state index contributed by atoms with van der Waals surface area (Å²) in [7, 11) is 0. The number of amides is 2. The van der Waals surface area contributed by atoms with E-state index in [1.807, 2.05) is 6.92 Å². The molecule has 2 N–H and O–H groups in total. The van der Waals surface area contributed by atoms with Crippen LogP contribution >= 0.6 is 0 Å².